The second kappa shape index (κ2) is 7.02. The molecule has 1 unspecified atom stereocenters. The Bertz CT molecular complexity index is 630. The molecule has 0 fully saturated rings. The normalized spacial score (nSPS) is 12.6. The standard InChI is InChI=1S/C15H17ClN2O2S/c1-10(15(19)20)7-18(2)8-11-9-21-14(17-11)12-5-3-4-6-13(12)16/h3-6,9-10H,7-8H2,1-2H3,(H,19,20). The summed E-state index contributed by atoms with van der Waals surface area (Å²) in [7, 11) is 1.90. The van der Waals surface area contributed by atoms with Gasteiger partial charge in [0.15, 0.2) is 0 Å². The van der Waals surface area contributed by atoms with Gasteiger partial charge in [-0.3, -0.25) is 9.69 Å². The third kappa shape index (κ3) is 4.27. The fourth-order valence-electron chi connectivity index (χ4n) is 2.02. The van der Waals surface area contributed by atoms with E-state index in [1.807, 2.05) is 41.6 Å². The van der Waals surface area contributed by atoms with Gasteiger partial charge in [-0.2, -0.15) is 0 Å². The van der Waals surface area contributed by atoms with Crippen LogP contribution < -0.4 is 0 Å². The molecule has 0 radical (unpaired) electrons. The van der Waals surface area contributed by atoms with Crippen LogP contribution in [0.1, 0.15) is 12.6 Å². The Hall–Kier alpha value is -1.43. The van der Waals surface area contributed by atoms with Crippen LogP contribution in [0.4, 0.5) is 0 Å². The van der Waals surface area contributed by atoms with Crippen LogP contribution >= 0.6 is 22.9 Å². The van der Waals surface area contributed by atoms with Gasteiger partial charge in [-0.15, -0.1) is 11.3 Å². The summed E-state index contributed by atoms with van der Waals surface area (Å²) in [4.78, 5) is 17.4. The van der Waals surface area contributed by atoms with E-state index in [1.165, 1.54) is 0 Å². The van der Waals surface area contributed by atoms with Gasteiger partial charge in [-0.1, -0.05) is 36.7 Å². The van der Waals surface area contributed by atoms with Gasteiger partial charge in [0, 0.05) is 24.0 Å². The van der Waals surface area contributed by atoms with Crippen molar-refractivity contribution in [1.82, 2.24) is 9.88 Å². The first-order valence-electron chi connectivity index (χ1n) is 6.58. The predicted octanol–water partition coefficient (Wildman–Crippen LogP) is 3.62. The van der Waals surface area contributed by atoms with Crippen molar-refractivity contribution in [2.75, 3.05) is 13.6 Å². The first kappa shape index (κ1) is 15.9. The maximum atomic E-state index is 10.9. The number of aliphatic carboxylic acids is 1. The maximum absolute atomic E-state index is 10.9. The van der Waals surface area contributed by atoms with E-state index in [1.54, 1.807) is 18.3 Å². The molecule has 0 aliphatic carbocycles. The van der Waals surface area contributed by atoms with Crippen LogP contribution in [0.3, 0.4) is 0 Å². The monoisotopic (exact) mass is 324 g/mol. The zero-order chi connectivity index (χ0) is 15.4. The smallest absolute Gasteiger partial charge is 0.307 e. The molecule has 112 valence electrons. The van der Waals surface area contributed by atoms with Crippen LogP contribution in [-0.2, 0) is 11.3 Å². The van der Waals surface area contributed by atoms with Crippen molar-refractivity contribution in [1.29, 1.82) is 0 Å². The third-order valence-corrected chi connectivity index (χ3v) is 4.35. The molecule has 0 spiro atoms. The van der Waals surface area contributed by atoms with Gasteiger partial charge in [-0.05, 0) is 13.1 Å². The van der Waals surface area contributed by atoms with Crippen molar-refractivity contribution in [3.63, 3.8) is 0 Å². The van der Waals surface area contributed by atoms with Gasteiger partial charge >= 0.3 is 5.97 Å². The lowest BCUT2D eigenvalue weighted by Crippen LogP contribution is -2.28. The fourth-order valence-corrected chi connectivity index (χ4v) is 3.16. The average molecular weight is 325 g/mol. The number of carbonyl (C=O) groups is 1. The van der Waals surface area contributed by atoms with E-state index >= 15 is 0 Å². The summed E-state index contributed by atoms with van der Waals surface area (Å²) in [5.74, 6) is -1.17. The van der Waals surface area contributed by atoms with Crippen molar-refractivity contribution < 1.29 is 9.90 Å². The summed E-state index contributed by atoms with van der Waals surface area (Å²) in [6, 6.07) is 7.62. The van der Waals surface area contributed by atoms with Crippen LogP contribution in [0.15, 0.2) is 29.6 Å². The summed E-state index contributed by atoms with van der Waals surface area (Å²) in [5, 5.41) is 12.5. The Morgan fingerprint density at radius 3 is 2.86 bits per heavy atom. The van der Waals surface area contributed by atoms with Crippen molar-refractivity contribution in [3.8, 4) is 10.6 Å². The van der Waals surface area contributed by atoms with E-state index in [0.29, 0.717) is 18.1 Å². The van der Waals surface area contributed by atoms with E-state index in [9.17, 15) is 4.79 Å². The highest BCUT2D eigenvalue weighted by molar-refractivity contribution is 7.13. The van der Waals surface area contributed by atoms with Crippen molar-refractivity contribution in [3.05, 3.63) is 40.4 Å². The minimum Gasteiger partial charge on any atom is -0.481 e. The molecular formula is C15H17ClN2O2S. The molecule has 0 saturated heterocycles. The quantitative estimate of drug-likeness (QED) is 0.881. The lowest BCUT2D eigenvalue weighted by molar-refractivity contribution is -0.141. The summed E-state index contributed by atoms with van der Waals surface area (Å²) in [6.45, 7) is 2.82. The molecule has 1 aromatic carbocycles. The molecule has 0 bridgehead atoms. The molecule has 4 nitrogen and oxygen atoms in total. The second-order valence-electron chi connectivity index (χ2n) is 5.06. The molecule has 1 N–H and O–H groups in total. The van der Waals surface area contributed by atoms with Crippen molar-refractivity contribution in [2.24, 2.45) is 5.92 Å². The number of carboxylic acids is 1. The minimum atomic E-state index is -0.781. The molecule has 0 amide bonds. The molecule has 2 rings (SSSR count). The molecule has 1 atom stereocenters. The minimum absolute atomic E-state index is 0.392. The Balaban J connectivity index is 2.04. The fraction of sp³-hybridized carbons (Fsp3) is 0.333. The van der Waals surface area contributed by atoms with Gasteiger partial charge in [0.2, 0.25) is 0 Å². The molecule has 1 heterocycles. The maximum Gasteiger partial charge on any atom is 0.307 e. The van der Waals surface area contributed by atoms with Gasteiger partial charge < -0.3 is 5.11 Å². The summed E-state index contributed by atoms with van der Waals surface area (Å²) in [5.41, 5.74) is 1.85. The average Bonchev–Trinajstić information content (AvgIpc) is 2.87. The number of nitrogens with zero attached hydrogens (tertiary/aromatic N) is 2. The first-order chi connectivity index (χ1) is 9.97. The number of benzene rings is 1. The molecule has 1 aromatic heterocycles. The molecule has 6 heteroatoms. The van der Waals surface area contributed by atoms with E-state index in [0.717, 1.165) is 16.3 Å². The molecule has 0 aliphatic rings. The van der Waals surface area contributed by atoms with Crippen LogP contribution in [0.2, 0.25) is 5.02 Å². The SMILES string of the molecule is CC(CN(C)Cc1csc(-c2ccccc2Cl)n1)C(=O)O. The van der Waals surface area contributed by atoms with Crippen LogP contribution in [-0.4, -0.2) is 34.6 Å². The number of halogens is 1. The van der Waals surface area contributed by atoms with E-state index in [-0.39, 0.29) is 0 Å². The second-order valence-corrected chi connectivity index (χ2v) is 6.33. The number of aromatic nitrogens is 1. The Morgan fingerprint density at radius 2 is 2.19 bits per heavy atom. The number of hydrogen-bond donors (Lipinski definition) is 1. The summed E-state index contributed by atoms with van der Waals surface area (Å²) >= 11 is 7.71. The highest BCUT2D eigenvalue weighted by Gasteiger charge is 2.15. The molecule has 0 saturated carbocycles. The zero-order valence-electron chi connectivity index (χ0n) is 11.9. The van der Waals surface area contributed by atoms with Gasteiger partial charge in [0.05, 0.1) is 16.6 Å². The number of rotatable bonds is 6. The Kier molecular flexibility index (Phi) is 5.33. The Labute approximate surface area is 133 Å². The predicted molar refractivity (Wildman–Crippen MR) is 85.7 cm³/mol. The van der Waals surface area contributed by atoms with Crippen LogP contribution in [0, 0.1) is 5.92 Å². The Morgan fingerprint density at radius 1 is 1.48 bits per heavy atom. The van der Waals surface area contributed by atoms with E-state index in [2.05, 4.69) is 4.98 Å². The summed E-state index contributed by atoms with van der Waals surface area (Å²) < 4.78 is 0. The molecular weight excluding hydrogens is 308 g/mol. The van der Waals surface area contributed by atoms with Gasteiger partial charge in [0.1, 0.15) is 5.01 Å². The first-order valence-corrected chi connectivity index (χ1v) is 7.83. The van der Waals surface area contributed by atoms with Crippen LogP contribution in [0.5, 0.6) is 0 Å². The van der Waals surface area contributed by atoms with Crippen LogP contribution in [0.25, 0.3) is 10.6 Å². The number of thiazole rings is 1. The largest absolute Gasteiger partial charge is 0.481 e. The number of carboxylic acid groups (broad SMARTS) is 1. The summed E-state index contributed by atoms with van der Waals surface area (Å²) in [6.07, 6.45) is 0. The van der Waals surface area contributed by atoms with E-state index in [4.69, 9.17) is 16.7 Å². The molecule has 2 aromatic rings. The molecule has 21 heavy (non-hydrogen) atoms. The zero-order valence-corrected chi connectivity index (χ0v) is 13.5. The highest BCUT2D eigenvalue weighted by atomic mass is 35.5. The molecule has 0 aliphatic heterocycles. The topological polar surface area (TPSA) is 53.4 Å². The van der Waals surface area contributed by atoms with Crippen molar-refractivity contribution in [2.45, 2.75) is 13.5 Å². The van der Waals surface area contributed by atoms with E-state index < -0.39 is 11.9 Å². The van der Waals surface area contributed by atoms with Gasteiger partial charge in [0.25, 0.3) is 0 Å². The number of hydrogen-bond acceptors (Lipinski definition) is 4. The van der Waals surface area contributed by atoms with Crippen molar-refractivity contribution >= 4 is 28.9 Å². The highest BCUT2D eigenvalue weighted by Crippen LogP contribution is 2.30. The lowest BCUT2D eigenvalue weighted by Gasteiger charge is -2.17. The third-order valence-electron chi connectivity index (χ3n) is 3.10. The lowest BCUT2D eigenvalue weighted by atomic mass is 10.2. The van der Waals surface area contributed by atoms with Gasteiger partial charge in [-0.25, -0.2) is 4.98 Å².